The number of carbonyl (C=O) groups excluding carboxylic acids is 1. The molecule has 1 rings (SSSR count). The Balaban J connectivity index is 2.39. The summed E-state index contributed by atoms with van der Waals surface area (Å²) in [5.74, 6) is 1.18. The monoisotopic (exact) mass is 277 g/mol. The Hall–Kier alpha value is -1.42. The van der Waals surface area contributed by atoms with E-state index in [1.54, 1.807) is 6.20 Å². The fourth-order valence-electron chi connectivity index (χ4n) is 2.36. The van der Waals surface area contributed by atoms with Gasteiger partial charge in [-0.2, -0.15) is 0 Å². The smallest absolute Gasteiger partial charge is 0.220 e. The summed E-state index contributed by atoms with van der Waals surface area (Å²) in [6, 6.07) is 5.69. The summed E-state index contributed by atoms with van der Waals surface area (Å²) in [5, 5.41) is 3.00. The molecule has 0 radical (unpaired) electrons. The van der Waals surface area contributed by atoms with Gasteiger partial charge in [0.05, 0.1) is 11.7 Å². The molecule has 0 spiro atoms. The van der Waals surface area contributed by atoms with Crippen LogP contribution < -0.4 is 11.1 Å². The van der Waals surface area contributed by atoms with Crippen molar-refractivity contribution in [3.05, 3.63) is 30.1 Å². The van der Waals surface area contributed by atoms with E-state index >= 15 is 0 Å². The Labute approximate surface area is 122 Å². The zero-order valence-corrected chi connectivity index (χ0v) is 12.8. The van der Waals surface area contributed by atoms with Crippen molar-refractivity contribution in [3.63, 3.8) is 0 Å². The number of carbonyl (C=O) groups is 1. The highest BCUT2D eigenvalue weighted by atomic mass is 16.1. The Bertz CT molecular complexity index is 392. The van der Waals surface area contributed by atoms with E-state index in [4.69, 9.17) is 5.73 Å². The van der Waals surface area contributed by atoms with Crippen LogP contribution in [0.15, 0.2) is 24.4 Å². The van der Waals surface area contributed by atoms with Crippen LogP contribution in [0.1, 0.15) is 51.8 Å². The topological polar surface area (TPSA) is 68.0 Å². The minimum Gasteiger partial charge on any atom is -0.348 e. The van der Waals surface area contributed by atoms with Gasteiger partial charge in [-0.1, -0.05) is 19.9 Å². The van der Waals surface area contributed by atoms with E-state index in [-0.39, 0.29) is 11.9 Å². The number of aromatic nitrogens is 1. The summed E-state index contributed by atoms with van der Waals surface area (Å²) >= 11 is 0. The Kier molecular flexibility index (Phi) is 7.23. The molecule has 20 heavy (non-hydrogen) atoms. The maximum atomic E-state index is 12.0. The molecule has 4 nitrogen and oxygen atoms in total. The third-order valence-electron chi connectivity index (χ3n) is 3.73. The molecular weight excluding hydrogens is 250 g/mol. The van der Waals surface area contributed by atoms with Gasteiger partial charge in [0.2, 0.25) is 5.91 Å². The van der Waals surface area contributed by atoms with Crippen LogP contribution in [0, 0.1) is 11.8 Å². The molecule has 0 aromatic carbocycles. The van der Waals surface area contributed by atoms with Crippen molar-refractivity contribution in [1.29, 1.82) is 0 Å². The zero-order chi connectivity index (χ0) is 15.0. The molecule has 3 N–H and O–H groups in total. The van der Waals surface area contributed by atoms with Gasteiger partial charge in [0.15, 0.2) is 0 Å². The second-order valence-corrected chi connectivity index (χ2v) is 5.66. The lowest BCUT2D eigenvalue weighted by Gasteiger charge is -2.20. The van der Waals surface area contributed by atoms with Crippen LogP contribution >= 0.6 is 0 Å². The van der Waals surface area contributed by atoms with Gasteiger partial charge < -0.3 is 11.1 Å². The van der Waals surface area contributed by atoms with Crippen molar-refractivity contribution in [2.75, 3.05) is 6.54 Å². The lowest BCUT2D eigenvalue weighted by atomic mass is 9.88. The molecule has 1 aromatic rings. The average molecular weight is 277 g/mol. The van der Waals surface area contributed by atoms with Gasteiger partial charge in [-0.15, -0.1) is 0 Å². The van der Waals surface area contributed by atoms with Gasteiger partial charge in [-0.05, 0) is 50.3 Å². The van der Waals surface area contributed by atoms with E-state index < -0.39 is 0 Å². The predicted molar refractivity (Wildman–Crippen MR) is 82.0 cm³/mol. The lowest BCUT2D eigenvalue weighted by molar-refractivity contribution is -0.122. The van der Waals surface area contributed by atoms with Crippen LogP contribution in [0.3, 0.4) is 0 Å². The van der Waals surface area contributed by atoms with Crippen LogP contribution in [0.5, 0.6) is 0 Å². The molecule has 1 heterocycles. The Morgan fingerprint density at radius 1 is 1.30 bits per heavy atom. The molecule has 0 saturated carbocycles. The highest BCUT2D eigenvalue weighted by Crippen LogP contribution is 2.20. The van der Waals surface area contributed by atoms with Crippen molar-refractivity contribution in [2.45, 2.75) is 46.1 Å². The first-order valence-electron chi connectivity index (χ1n) is 7.45. The molecule has 0 aliphatic heterocycles. The second kappa shape index (κ2) is 8.69. The van der Waals surface area contributed by atoms with Crippen LogP contribution in [-0.2, 0) is 4.79 Å². The second-order valence-electron chi connectivity index (χ2n) is 5.66. The summed E-state index contributed by atoms with van der Waals surface area (Å²) in [6.45, 7) is 7.03. The van der Waals surface area contributed by atoms with Crippen molar-refractivity contribution in [1.82, 2.24) is 10.3 Å². The van der Waals surface area contributed by atoms with Crippen LogP contribution in [0.2, 0.25) is 0 Å². The number of hydrogen-bond donors (Lipinski definition) is 2. The average Bonchev–Trinajstić information content (AvgIpc) is 2.44. The molecule has 4 heteroatoms. The molecule has 0 fully saturated rings. The molecule has 0 aliphatic rings. The third-order valence-corrected chi connectivity index (χ3v) is 3.73. The minimum absolute atomic E-state index is 0.0456. The van der Waals surface area contributed by atoms with Crippen molar-refractivity contribution in [3.8, 4) is 0 Å². The van der Waals surface area contributed by atoms with Gasteiger partial charge in [-0.25, -0.2) is 0 Å². The molecule has 1 aromatic heterocycles. The van der Waals surface area contributed by atoms with E-state index in [2.05, 4.69) is 24.1 Å². The first kappa shape index (κ1) is 16.6. The number of nitrogens with zero attached hydrogens (tertiary/aromatic N) is 1. The molecule has 0 aliphatic carbocycles. The molecule has 2 atom stereocenters. The number of nitrogens with one attached hydrogen (secondary N) is 1. The van der Waals surface area contributed by atoms with E-state index in [0.29, 0.717) is 24.8 Å². The number of amides is 1. The number of nitrogens with two attached hydrogens (primary N) is 1. The predicted octanol–water partition coefficient (Wildman–Crippen LogP) is 2.66. The molecule has 0 bridgehead atoms. The fourth-order valence-corrected chi connectivity index (χ4v) is 2.36. The quantitative estimate of drug-likeness (QED) is 0.767. The highest BCUT2D eigenvalue weighted by molar-refractivity contribution is 5.76. The maximum Gasteiger partial charge on any atom is 0.220 e. The van der Waals surface area contributed by atoms with Gasteiger partial charge >= 0.3 is 0 Å². The van der Waals surface area contributed by atoms with Crippen LogP contribution in [0.4, 0.5) is 0 Å². The summed E-state index contributed by atoms with van der Waals surface area (Å²) in [6.07, 6.45) is 4.18. The zero-order valence-electron chi connectivity index (χ0n) is 12.8. The highest BCUT2D eigenvalue weighted by Gasteiger charge is 2.16. The number of rotatable bonds is 8. The first-order chi connectivity index (χ1) is 9.54. The standard InChI is InChI=1S/C16H27N3O/c1-12(2)14(9-10-17)7-8-16(20)19-13(3)15-6-4-5-11-18-15/h4-6,11-14H,7-10,17H2,1-3H3,(H,19,20). The normalized spacial score (nSPS) is 14.1. The number of hydrogen-bond acceptors (Lipinski definition) is 3. The van der Waals surface area contributed by atoms with E-state index in [0.717, 1.165) is 18.5 Å². The summed E-state index contributed by atoms with van der Waals surface area (Å²) in [7, 11) is 0. The summed E-state index contributed by atoms with van der Waals surface area (Å²) in [4.78, 5) is 16.2. The Morgan fingerprint density at radius 2 is 2.05 bits per heavy atom. The Morgan fingerprint density at radius 3 is 2.60 bits per heavy atom. The molecule has 0 saturated heterocycles. The van der Waals surface area contributed by atoms with Crippen molar-refractivity contribution < 1.29 is 4.79 Å². The van der Waals surface area contributed by atoms with Crippen molar-refractivity contribution >= 4 is 5.91 Å². The van der Waals surface area contributed by atoms with Gasteiger partial charge in [0.25, 0.3) is 0 Å². The lowest BCUT2D eigenvalue weighted by Crippen LogP contribution is -2.28. The fraction of sp³-hybridized carbons (Fsp3) is 0.625. The van der Waals surface area contributed by atoms with Gasteiger partial charge in [-0.3, -0.25) is 9.78 Å². The van der Waals surface area contributed by atoms with Gasteiger partial charge in [0, 0.05) is 12.6 Å². The minimum atomic E-state index is -0.0456. The maximum absolute atomic E-state index is 12.0. The molecular formula is C16H27N3O. The summed E-state index contributed by atoms with van der Waals surface area (Å²) < 4.78 is 0. The van der Waals surface area contributed by atoms with Crippen molar-refractivity contribution in [2.24, 2.45) is 17.6 Å². The molecule has 112 valence electrons. The SMILES string of the molecule is CC(NC(=O)CCC(CCN)C(C)C)c1ccccn1. The third kappa shape index (κ3) is 5.70. The van der Waals surface area contributed by atoms with E-state index in [9.17, 15) is 4.79 Å². The first-order valence-corrected chi connectivity index (χ1v) is 7.45. The van der Waals surface area contributed by atoms with Gasteiger partial charge in [0.1, 0.15) is 0 Å². The van der Waals surface area contributed by atoms with Crippen LogP contribution in [0.25, 0.3) is 0 Å². The van der Waals surface area contributed by atoms with E-state index in [1.807, 2.05) is 25.1 Å². The number of pyridine rings is 1. The summed E-state index contributed by atoms with van der Waals surface area (Å²) in [5.41, 5.74) is 6.51. The van der Waals surface area contributed by atoms with Crippen LogP contribution in [-0.4, -0.2) is 17.4 Å². The largest absolute Gasteiger partial charge is 0.348 e. The van der Waals surface area contributed by atoms with E-state index in [1.165, 1.54) is 0 Å². The molecule has 1 amide bonds. The molecule has 2 unspecified atom stereocenters.